The molecule has 5 heteroatoms. The molecular weight excluding hydrogens is 271 g/mol. The van der Waals surface area contributed by atoms with Crippen molar-refractivity contribution in [3.8, 4) is 0 Å². The molecular formula is C16H17FN2O2. The van der Waals surface area contributed by atoms with Crippen LogP contribution < -0.4 is 11.1 Å². The molecule has 2 aromatic rings. The first kappa shape index (κ1) is 14.8. The van der Waals surface area contributed by atoms with Gasteiger partial charge in [0.2, 0.25) is 0 Å². The van der Waals surface area contributed by atoms with Gasteiger partial charge < -0.3 is 16.2 Å². The molecule has 0 heterocycles. The zero-order valence-corrected chi connectivity index (χ0v) is 11.7. The molecule has 0 saturated heterocycles. The predicted molar refractivity (Wildman–Crippen MR) is 81.1 cm³/mol. The third-order valence-electron chi connectivity index (χ3n) is 3.33. The molecule has 0 atom stereocenters. The Morgan fingerprint density at radius 1 is 1.33 bits per heavy atom. The molecule has 0 unspecified atom stereocenters. The van der Waals surface area contributed by atoms with E-state index in [0.717, 1.165) is 11.1 Å². The van der Waals surface area contributed by atoms with Crippen molar-refractivity contribution in [3.63, 3.8) is 0 Å². The fourth-order valence-electron chi connectivity index (χ4n) is 2.21. The number of hydrogen-bond donors (Lipinski definition) is 3. The van der Waals surface area contributed by atoms with Crippen LogP contribution in [0.4, 0.5) is 15.8 Å². The van der Waals surface area contributed by atoms with Gasteiger partial charge in [-0.05, 0) is 48.7 Å². The topological polar surface area (TPSA) is 75.3 Å². The normalized spacial score (nSPS) is 10.4. The van der Waals surface area contributed by atoms with Crippen LogP contribution in [0.3, 0.4) is 0 Å². The Bertz CT molecular complexity index is 671. The third kappa shape index (κ3) is 3.51. The molecule has 0 aliphatic rings. The lowest BCUT2D eigenvalue weighted by Crippen LogP contribution is -2.12. The van der Waals surface area contributed by atoms with Crippen molar-refractivity contribution in [2.45, 2.75) is 13.3 Å². The van der Waals surface area contributed by atoms with Gasteiger partial charge in [0, 0.05) is 6.54 Å². The summed E-state index contributed by atoms with van der Waals surface area (Å²) in [6.07, 6.45) is 0.652. The van der Waals surface area contributed by atoms with E-state index in [-0.39, 0.29) is 11.4 Å². The number of carboxylic acids is 1. The van der Waals surface area contributed by atoms with Crippen LogP contribution in [-0.4, -0.2) is 17.6 Å². The summed E-state index contributed by atoms with van der Waals surface area (Å²) < 4.78 is 13.0. The number of hydrogen-bond acceptors (Lipinski definition) is 3. The Morgan fingerprint density at radius 3 is 2.76 bits per heavy atom. The molecule has 0 aliphatic heterocycles. The molecule has 0 saturated carbocycles. The average Bonchev–Trinajstić information content (AvgIpc) is 2.42. The van der Waals surface area contributed by atoms with Gasteiger partial charge in [0.25, 0.3) is 0 Å². The number of halogens is 1. The van der Waals surface area contributed by atoms with Crippen molar-refractivity contribution >= 4 is 17.3 Å². The van der Waals surface area contributed by atoms with E-state index in [1.165, 1.54) is 18.2 Å². The van der Waals surface area contributed by atoms with Crippen molar-refractivity contribution in [2.75, 3.05) is 17.6 Å². The van der Waals surface area contributed by atoms with Crippen molar-refractivity contribution in [3.05, 3.63) is 58.9 Å². The first-order valence-corrected chi connectivity index (χ1v) is 6.59. The number of anilines is 2. The van der Waals surface area contributed by atoms with E-state index >= 15 is 0 Å². The number of nitrogens with one attached hydrogen (secondary N) is 1. The molecule has 21 heavy (non-hydrogen) atoms. The second kappa shape index (κ2) is 6.26. The van der Waals surface area contributed by atoms with Crippen LogP contribution in [0.2, 0.25) is 0 Å². The van der Waals surface area contributed by atoms with Crippen LogP contribution in [0.1, 0.15) is 21.5 Å². The van der Waals surface area contributed by atoms with Crippen molar-refractivity contribution < 1.29 is 14.3 Å². The monoisotopic (exact) mass is 288 g/mol. The molecule has 0 aliphatic carbocycles. The Balaban J connectivity index is 2.09. The first-order valence-electron chi connectivity index (χ1n) is 6.59. The van der Waals surface area contributed by atoms with Gasteiger partial charge in [0.05, 0.1) is 16.9 Å². The van der Waals surface area contributed by atoms with E-state index in [4.69, 9.17) is 10.8 Å². The molecule has 0 fully saturated rings. The van der Waals surface area contributed by atoms with Gasteiger partial charge in [0.1, 0.15) is 5.82 Å². The smallest absolute Gasteiger partial charge is 0.337 e. The van der Waals surface area contributed by atoms with Crippen LogP contribution in [0.5, 0.6) is 0 Å². The zero-order chi connectivity index (χ0) is 15.4. The van der Waals surface area contributed by atoms with Gasteiger partial charge in [-0.3, -0.25) is 0 Å². The van der Waals surface area contributed by atoms with E-state index < -0.39 is 5.97 Å². The van der Waals surface area contributed by atoms with Gasteiger partial charge in [-0.2, -0.15) is 0 Å². The van der Waals surface area contributed by atoms with E-state index in [2.05, 4.69) is 5.32 Å². The molecule has 0 bridgehead atoms. The number of aromatic carboxylic acids is 1. The quantitative estimate of drug-likeness (QED) is 0.739. The lowest BCUT2D eigenvalue weighted by Gasteiger charge is -2.13. The van der Waals surface area contributed by atoms with E-state index in [1.54, 1.807) is 18.2 Å². The maximum atomic E-state index is 13.0. The first-order chi connectivity index (χ1) is 9.99. The lowest BCUT2D eigenvalue weighted by molar-refractivity contribution is 0.0698. The predicted octanol–water partition coefficient (Wildman–Crippen LogP) is 3.07. The second-order valence-corrected chi connectivity index (χ2v) is 4.82. The number of rotatable bonds is 5. The molecule has 110 valence electrons. The van der Waals surface area contributed by atoms with Crippen molar-refractivity contribution in [2.24, 2.45) is 0 Å². The Labute approximate surface area is 122 Å². The zero-order valence-electron chi connectivity index (χ0n) is 11.7. The highest BCUT2D eigenvalue weighted by Crippen LogP contribution is 2.23. The SMILES string of the molecule is Cc1cc(F)ccc1CCNc1c(N)cccc1C(=O)O. The van der Waals surface area contributed by atoms with Crippen LogP contribution >= 0.6 is 0 Å². The minimum Gasteiger partial charge on any atom is -0.478 e. The second-order valence-electron chi connectivity index (χ2n) is 4.82. The van der Waals surface area contributed by atoms with Crippen LogP contribution in [0.25, 0.3) is 0 Å². The molecule has 0 amide bonds. The van der Waals surface area contributed by atoms with Gasteiger partial charge in [-0.25, -0.2) is 9.18 Å². The number of carbonyl (C=O) groups is 1. The van der Waals surface area contributed by atoms with Gasteiger partial charge in [0.15, 0.2) is 0 Å². The summed E-state index contributed by atoms with van der Waals surface area (Å²) in [4.78, 5) is 11.2. The van der Waals surface area contributed by atoms with Gasteiger partial charge >= 0.3 is 5.97 Å². The van der Waals surface area contributed by atoms with Gasteiger partial charge in [-0.1, -0.05) is 12.1 Å². The highest BCUT2D eigenvalue weighted by Gasteiger charge is 2.12. The highest BCUT2D eigenvalue weighted by molar-refractivity contribution is 5.97. The van der Waals surface area contributed by atoms with Crippen molar-refractivity contribution in [1.29, 1.82) is 0 Å². The summed E-state index contributed by atoms with van der Waals surface area (Å²) in [5.74, 6) is -1.28. The highest BCUT2D eigenvalue weighted by atomic mass is 19.1. The van der Waals surface area contributed by atoms with Crippen molar-refractivity contribution in [1.82, 2.24) is 0 Å². The summed E-state index contributed by atoms with van der Waals surface area (Å²) in [5.41, 5.74) is 8.65. The number of aryl methyl sites for hydroxylation is 1. The van der Waals surface area contributed by atoms with E-state index in [1.807, 2.05) is 6.92 Å². The van der Waals surface area contributed by atoms with E-state index in [9.17, 15) is 9.18 Å². The summed E-state index contributed by atoms with van der Waals surface area (Å²) in [6.45, 7) is 2.36. The minimum atomic E-state index is -1.03. The summed E-state index contributed by atoms with van der Waals surface area (Å²) in [6, 6.07) is 9.39. The van der Waals surface area contributed by atoms with E-state index in [0.29, 0.717) is 24.3 Å². The third-order valence-corrected chi connectivity index (χ3v) is 3.33. The number of nitrogens with two attached hydrogens (primary N) is 1. The average molecular weight is 288 g/mol. The number of benzene rings is 2. The molecule has 2 rings (SSSR count). The molecule has 0 radical (unpaired) electrons. The number of carboxylic acid groups (broad SMARTS) is 1. The van der Waals surface area contributed by atoms with Gasteiger partial charge in [-0.15, -0.1) is 0 Å². The Hall–Kier alpha value is -2.56. The maximum Gasteiger partial charge on any atom is 0.337 e. The standard InChI is InChI=1S/C16H17FN2O2/c1-10-9-12(17)6-5-11(10)7-8-19-15-13(16(20)21)3-2-4-14(15)18/h2-6,9,19H,7-8,18H2,1H3,(H,20,21). The van der Waals surface area contributed by atoms with Crippen LogP contribution in [0.15, 0.2) is 36.4 Å². The van der Waals surface area contributed by atoms with Crippen LogP contribution in [0, 0.1) is 12.7 Å². The number of nitrogen functional groups attached to an aromatic ring is 1. The Morgan fingerprint density at radius 2 is 2.10 bits per heavy atom. The molecule has 0 aromatic heterocycles. The number of para-hydroxylation sites is 1. The fourth-order valence-corrected chi connectivity index (χ4v) is 2.21. The summed E-state index contributed by atoms with van der Waals surface area (Å²) >= 11 is 0. The summed E-state index contributed by atoms with van der Waals surface area (Å²) in [7, 11) is 0. The Kier molecular flexibility index (Phi) is 4.42. The molecule has 0 spiro atoms. The lowest BCUT2D eigenvalue weighted by atomic mass is 10.1. The van der Waals surface area contributed by atoms with Crippen LogP contribution in [-0.2, 0) is 6.42 Å². The largest absolute Gasteiger partial charge is 0.478 e. The molecule has 2 aromatic carbocycles. The minimum absolute atomic E-state index is 0.144. The maximum absolute atomic E-state index is 13.0. The summed E-state index contributed by atoms with van der Waals surface area (Å²) in [5, 5.41) is 12.2. The molecule has 4 nitrogen and oxygen atoms in total. The fraction of sp³-hybridized carbons (Fsp3) is 0.188. The molecule has 4 N–H and O–H groups in total.